The predicted molar refractivity (Wildman–Crippen MR) is 0 cm³/mol. The molecule has 0 radical (unpaired) electrons. The van der Waals surface area contributed by atoms with Gasteiger partial charge < -0.3 is 21.0 Å². The Balaban J connectivity index is -0.0000000133. The molecule has 0 saturated heterocycles. The first-order chi connectivity index (χ1) is 2.00. The van der Waals surface area contributed by atoms with Crippen LogP contribution in [0, 0.1) is 0 Å². The molecule has 0 bridgehead atoms. The molecule has 0 amide bonds. The molecule has 0 aromatic carbocycles. The summed E-state index contributed by atoms with van der Waals surface area (Å²) in [5.41, 5.74) is 0. The van der Waals surface area contributed by atoms with E-state index in [1.54, 1.807) is 0 Å². The maximum absolute atomic E-state index is 7.00. The van der Waals surface area contributed by atoms with E-state index in [-0.39, 0.29) is 25.8 Å². The third-order valence-corrected chi connectivity index (χ3v) is 0. The first-order valence-corrected chi connectivity index (χ1v) is 0.333. The van der Waals surface area contributed by atoms with Crippen molar-refractivity contribution < 1.29 is 46.9 Å². The van der Waals surface area contributed by atoms with Gasteiger partial charge in [-0.2, -0.15) is 0 Å². The second kappa shape index (κ2) is 129. The average Bonchev–Trinajstić information content (AvgIpc) is 1.50. The molecular formula is HfO4. The zero-order chi connectivity index (χ0) is 4.00. The molecule has 4 nitrogen and oxygen atoms in total. The molecule has 0 aromatic rings. The molecule has 0 heterocycles. The Labute approximate surface area is 47.3 Å². The van der Waals surface area contributed by atoms with Crippen LogP contribution in [-0.4, -0.2) is 0 Å². The first-order valence-electron chi connectivity index (χ1n) is 0.333. The van der Waals surface area contributed by atoms with Gasteiger partial charge in [0.05, 0.1) is 0 Å². The van der Waals surface area contributed by atoms with E-state index in [9.17, 15) is 0 Å². The van der Waals surface area contributed by atoms with Crippen molar-refractivity contribution in [2.75, 3.05) is 0 Å². The summed E-state index contributed by atoms with van der Waals surface area (Å²) < 4.78 is 0. The topological polar surface area (TPSA) is 92.2 Å². The van der Waals surface area contributed by atoms with Crippen molar-refractivity contribution in [3.05, 3.63) is 0 Å². The molecule has 0 rings (SSSR count). The van der Waals surface area contributed by atoms with E-state index in [1.165, 1.54) is 0 Å². The van der Waals surface area contributed by atoms with Crippen LogP contribution in [0.25, 0.3) is 0 Å². The van der Waals surface area contributed by atoms with Gasteiger partial charge in [-0.25, -0.2) is 0 Å². The van der Waals surface area contributed by atoms with Crippen LogP contribution in [0.5, 0.6) is 0 Å². The molecule has 0 N–H and O–H groups in total. The fraction of sp³-hybridized carbons (Fsp3) is 0. The number of hydrogen-bond donors (Lipinski definition) is 0. The maximum Gasteiger partial charge on any atom is 4.00 e. The molecule has 0 aromatic heterocycles. The van der Waals surface area contributed by atoms with Gasteiger partial charge in [-0.3, -0.25) is 0 Å². The largest absolute Gasteiger partial charge is 4.00 e. The van der Waals surface area contributed by atoms with Crippen LogP contribution in [0.2, 0.25) is 0 Å². The zero-order valence-corrected chi connectivity index (χ0v) is 5.73. The molecule has 0 spiro atoms. The van der Waals surface area contributed by atoms with Gasteiger partial charge in [0, 0.05) is 0 Å². The molecule has 0 saturated carbocycles. The van der Waals surface area contributed by atoms with Crippen LogP contribution in [0.4, 0.5) is 0 Å². The van der Waals surface area contributed by atoms with Crippen molar-refractivity contribution in [1.29, 1.82) is 0 Å². The summed E-state index contributed by atoms with van der Waals surface area (Å²) in [5, 5.41) is 28.0. The minimum Gasteiger partial charge on any atom is -1.00 e. The molecular weight excluding hydrogens is 242 g/mol. The fourth-order valence-electron chi connectivity index (χ4n) is 0. The van der Waals surface area contributed by atoms with E-state index in [0.29, 0.717) is 0 Å². The second-order valence-corrected chi connectivity index (χ2v) is 0. The van der Waals surface area contributed by atoms with Crippen molar-refractivity contribution >= 4 is 0 Å². The van der Waals surface area contributed by atoms with Gasteiger partial charge in [0.2, 0.25) is 0 Å². The standard InChI is InChI=1S/Hf.2O2/c;2*1-2/q+4;2*-2. The molecule has 28 valence electrons. The number of rotatable bonds is 0. The molecule has 5 heavy (non-hydrogen) atoms. The van der Waals surface area contributed by atoms with Crippen molar-refractivity contribution in [3.8, 4) is 0 Å². The summed E-state index contributed by atoms with van der Waals surface area (Å²) in [4.78, 5) is 0. The van der Waals surface area contributed by atoms with Gasteiger partial charge in [0.25, 0.3) is 0 Å². The van der Waals surface area contributed by atoms with Crippen molar-refractivity contribution in [3.63, 3.8) is 0 Å². The monoisotopic (exact) mass is 244 g/mol. The van der Waals surface area contributed by atoms with E-state index in [2.05, 4.69) is 0 Å². The first kappa shape index (κ1) is 17.2. The van der Waals surface area contributed by atoms with E-state index >= 15 is 0 Å². The summed E-state index contributed by atoms with van der Waals surface area (Å²) in [6, 6.07) is 0. The Hall–Kier alpha value is 0.710. The molecule has 5 heteroatoms. The maximum atomic E-state index is 7.00. The Morgan fingerprint density at radius 3 is 0.600 bits per heavy atom. The Morgan fingerprint density at radius 2 is 0.600 bits per heavy atom. The van der Waals surface area contributed by atoms with Crippen molar-refractivity contribution in [1.82, 2.24) is 0 Å². The summed E-state index contributed by atoms with van der Waals surface area (Å²) in [5.74, 6) is 0. The number of hydrogen-bond acceptors (Lipinski definition) is 4. The molecule has 0 fully saturated rings. The third kappa shape index (κ3) is 68.6. The van der Waals surface area contributed by atoms with Gasteiger partial charge in [0.1, 0.15) is 0 Å². The van der Waals surface area contributed by atoms with Crippen LogP contribution >= 0.6 is 0 Å². The van der Waals surface area contributed by atoms with E-state index in [1.807, 2.05) is 0 Å². The normalized spacial score (nSPS) is 2.40. The quantitative estimate of drug-likeness (QED) is 0.242. The zero-order valence-electron chi connectivity index (χ0n) is 2.13. The minimum absolute atomic E-state index is 0. The fourth-order valence-corrected chi connectivity index (χ4v) is 0. The van der Waals surface area contributed by atoms with Crippen LogP contribution in [0.1, 0.15) is 0 Å². The molecule has 0 aliphatic carbocycles. The molecule has 0 aliphatic rings. The van der Waals surface area contributed by atoms with Gasteiger partial charge in [-0.15, -0.1) is 0 Å². The molecule has 0 aliphatic heterocycles. The van der Waals surface area contributed by atoms with Crippen LogP contribution in [-0.2, 0) is 25.8 Å². The summed E-state index contributed by atoms with van der Waals surface area (Å²) >= 11 is 0. The molecule has 0 atom stereocenters. The van der Waals surface area contributed by atoms with Crippen LogP contribution in [0.15, 0.2) is 0 Å². The van der Waals surface area contributed by atoms with Gasteiger partial charge in [-0.1, -0.05) is 0 Å². The minimum atomic E-state index is 0. The second-order valence-electron chi connectivity index (χ2n) is 0. The van der Waals surface area contributed by atoms with E-state index < -0.39 is 0 Å². The Bertz CT molecular complexity index is 3.61. The smallest absolute Gasteiger partial charge is 1.00 e. The molecule has 0 unspecified atom stereocenters. The van der Waals surface area contributed by atoms with Gasteiger partial charge in [-0.05, 0) is 0 Å². The van der Waals surface area contributed by atoms with Gasteiger partial charge in [0.15, 0.2) is 0 Å². The van der Waals surface area contributed by atoms with E-state index in [4.69, 9.17) is 21.0 Å². The summed E-state index contributed by atoms with van der Waals surface area (Å²) in [6.07, 6.45) is 0. The Kier molecular flexibility index (Phi) is 444. The van der Waals surface area contributed by atoms with E-state index in [0.717, 1.165) is 0 Å². The SMILES string of the molecule is [Hf+4].[O-][O-].[O-][O-]. The summed E-state index contributed by atoms with van der Waals surface area (Å²) in [7, 11) is 0. The third-order valence-electron chi connectivity index (χ3n) is 0. The van der Waals surface area contributed by atoms with Crippen molar-refractivity contribution in [2.45, 2.75) is 0 Å². The van der Waals surface area contributed by atoms with Crippen LogP contribution < -0.4 is 21.0 Å². The van der Waals surface area contributed by atoms with Crippen LogP contribution in [0.3, 0.4) is 0 Å². The average molecular weight is 242 g/mol. The van der Waals surface area contributed by atoms with Crippen molar-refractivity contribution in [2.24, 2.45) is 0 Å². The predicted octanol–water partition coefficient (Wildman–Crippen LogP) is -4.76. The van der Waals surface area contributed by atoms with Gasteiger partial charge >= 0.3 is 25.8 Å². The summed E-state index contributed by atoms with van der Waals surface area (Å²) in [6.45, 7) is 0. The Morgan fingerprint density at radius 1 is 0.600 bits per heavy atom.